The van der Waals surface area contributed by atoms with Crippen molar-refractivity contribution in [2.75, 3.05) is 13.1 Å². The maximum absolute atomic E-state index is 12.5. The molecule has 0 aromatic carbocycles. The van der Waals surface area contributed by atoms with Gasteiger partial charge in [-0.2, -0.15) is 4.31 Å². The van der Waals surface area contributed by atoms with Gasteiger partial charge < -0.3 is 5.32 Å². The van der Waals surface area contributed by atoms with Crippen molar-refractivity contribution >= 4 is 21.4 Å². The Bertz CT molecular complexity index is 529. The fourth-order valence-electron chi connectivity index (χ4n) is 2.10. The number of nitrogens with zero attached hydrogens (tertiary/aromatic N) is 1. The Labute approximate surface area is 119 Å². The molecule has 2 rings (SSSR count). The Morgan fingerprint density at radius 2 is 2.00 bits per heavy atom. The number of rotatable bonds is 7. The first-order chi connectivity index (χ1) is 8.98. The highest BCUT2D eigenvalue weighted by Gasteiger charge is 2.26. The standard InChI is InChI=1S/C13H22N2O2S2/c1-4-15(5-2)19(16,17)13-8-12(18-10(13)3)9-14-11-6-7-11/h8,11,14H,4-7,9H2,1-3H3. The lowest BCUT2D eigenvalue weighted by Gasteiger charge is -2.17. The van der Waals surface area contributed by atoms with Gasteiger partial charge in [0.25, 0.3) is 0 Å². The SMILES string of the molecule is CCN(CC)S(=O)(=O)c1cc(CNC2CC2)sc1C. The summed E-state index contributed by atoms with van der Waals surface area (Å²) in [6.07, 6.45) is 2.49. The predicted molar refractivity (Wildman–Crippen MR) is 79.0 cm³/mol. The maximum Gasteiger partial charge on any atom is 0.244 e. The molecule has 1 aliphatic rings. The van der Waals surface area contributed by atoms with E-state index in [1.165, 1.54) is 17.1 Å². The molecule has 1 fully saturated rings. The van der Waals surface area contributed by atoms with Gasteiger partial charge in [0.15, 0.2) is 0 Å². The Kier molecular flexibility index (Phi) is 4.66. The molecule has 0 atom stereocenters. The van der Waals surface area contributed by atoms with Crippen molar-refractivity contribution in [3.63, 3.8) is 0 Å². The molecule has 0 aliphatic heterocycles. The topological polar surface area (TPSA) is 49.4 Å². The Morgan fingerprint density at radius 3 is 2.53 bits per heavy atom. The molecule has 1 heterocycles. The minimum absolute atomic E-state index is 0.480. The van der Waals surface area contributed by atoms with Crippen molar-refractivity contribution in [3.05, 3.63) is 15.8 Å². The fourth-order valence-corrected chi connectivity index (χ4v) is 5.12. The van der Waals surface area contributed by atoms with E-state index in [4.69, 9.17) is 0 Å². The van der Waals surface area contributed by atoms with Crippen LogP contribution in [0.15, 0.2) is 11.0 Å². The van der Waals surface area contributed by atoms with Gasteiger partial charge in [-0.3, -0.25) is 0 Å². The largest absolute Gasteiger partial charge is 0.309 e. The molecule has 1 aromatic rings. The molecule has 1 saturated carbocycles. The molecular weight excluding hydrogens is 280 g/mol. The highest BCUT2D eigenvalue weighted by atomic mass is 32.2. The third-order valence-electron chi connectivity index (χ3n) is 3.39. The summed E-state index contributed by atoms with van der Waals surface area (Å²) in [4.78, 5) is 2.48. The summed E-state index contributed by atoms with van der Waals surface area (Å²) in [5.74, 6) is 0. The molecule has 0 amide bonds. The molecule has 6 heteroatoms. The van der Waals surface area contributed by atoms with Crippen molar-refractivity contribution < 1.29 is 8.42 Å². The van der Waals surface area contributed by atoms with Crippen molar-refractivity contribution in [3.8, 4) is 0 Å². The second kappa shape index (κ2) is 5.91. The number of hydrogen-bond acceptors (Lipinski definition) is 4. The third-order valence-corrected chi connectivity index (χ3v) is 6.74. The normalized spacial score (nSPS) is 16.2. The van der Waals surface area contributed by atoms with Crippen LogP contribution in [0.1, 0.15) is 36.4 Å². The van der Waals surface area contributed by atoms with Gasteiger partial charge in [-0.1, -0.05) is 13.8 Å². The lowest BCUT2D eigenvalue weighted by molar-refractivity contribution is 0.445. The molecule has 19 heavy (non-hydrogen) atoms. The van der Waals surface area contributed by atoms with E-state index >= 15 is 0 Å². The molecule has 0 radical (unpaired) electrons. The maximum atomic E-state index is 12.5. The zero-order valence-corrected chi connectivity index (χ0v) is 13.4. The fraction of sp³-hybridized carbons (Fsp3) is 0.692. The van der Waals surface area contributed by atoms with E-state index < -0.39 is 10.0 Å². The second-order valence-electron chi connectivity index (χ2n) is 4.88. The van der Waals surface area contributed by atoms with E-state index in [1.54, 1.807) is 11.3 Å². The number of thiophene rings is 1. The summed E-state index contributed by atoms with van der Waals surface area (Å²) in [5, 5.41) is 3.42. The average Bonchev–Trinajstić information content (AvgIpc) is 3.10. The summed E-state index contributed by atoms with van der Waals surface area (Å²) in [7, 11) is -3.32. The minimum Gasteiger partial charge on any atom is -0.309 e. The van der Waals surface area contributed by atoms with Gasteiger partial charge >= 0.3 is 0 Å². The van der Waals surface area contributed by atoms with Gasteiger partial charge in [-0.25, -0.2) is 8.42 Å². The highest BCUT2D eigenvalue weighted by molar-refractivity contribution is 7.89. The van der Waals surface area contributed by atoms with E-state index in [2.05, 4.69) is 5.32 Å². The minimum atomic E-state index is -3.32. The van der Waals surface area contributed by atoms with Crippen LogP contribution in [0.25, 0.3) is 0 Å². The number of sulfonamides is 1. The first-order valence-corrected chi connectivity index (χ1v) is 9.07. The molecule has 1 aliphatic carbocycles. The summed E-state index contributed by atoms with van der Waals surface area (Å²) in [6, 6.07) is 2.48. The molecule has 0 spiro atoms. The molecular formula is C13H22N2O2S2. The average molecular weight is 302 g/mol. The van der Waals surface area contributed by atoms with Gasteiger partial charge in [0.1, 0.15) is 0 Å². The molecule has 4 nitrogen and oxygen atoms in total. The van der Waals surface area contributed by atoms with E-state index in [0.29, 0.717) is 24.0 Å². The van der Waals surface area contributed by atoms with Crippen molar-refractivity contribution in [1.29, 1.82) is 0 Å². The molecule has 0 saturated heterocycles. The molecule has 1 N–H and O–H groups in total. The van der Waals surface area contributed by atoms with E-state index in [0.717, 1.165) is 16.3 Å². The molecule has 108 valence electrons. The number of nitrogens with one attached hydrogen (secondary N) is 1. The van der Waals surface area contributed by atoms with Gasteiger partial charge in [0, 0.05) is 35.4 Å². The summed E-state index contributed by atoms with van der Waals surface area (Å²) in [6.45, 7) is 7.45. The number of hydrogen-bond donors (Lipinski definition) is 1. The van der Waals surface area contributed by atoms with Crippen molar-refractivity contribution in [1.82, 2.24) is 9.62 Å². The zero-order chi connectivity index (χ0) is 14.0. The van der Waals surface area contributed by atoms with Crippen LogP contribution >= 0.6 is 11.3 Å². The Balaban J connectivity index is 2.18. The number of aryl methyl sites for hydroxylation is 1. The van der Waals surface area contributed by atoms with Gasteiger partial charge in [-0.15, -0.1) is 11.3 Å². The lowest BCUT2D eigenvalue weighted by Crippen LogP contribution is -2.30. The van der Waals surface area contributed by atoms with E-state index in [-0.39, 0.29) is 0 Å². The monoisotopic (exact) mass is 302 g/mol. The summed E-state index contributed by atoms with van der Waals surface area (Å²) < 4.78 is 26.5. The van der Waals surface area contributed by atoms with Crippen LogP contribution in [-0.2, 0) is 16.6 Å². The van der Waals surface area contributed by atoms with Crippen molar-refractivity contribution in [2.45, 2.75) is 51.1 Å². The molecule has 1 aromatic heterocycles. The first kappa shape index (κ1) is 15.0. The van der Waals surface area contributed by atoms with E-state index in [1.807, 2.05) is 26.8 Å². The Morgan fingerprint density at radius 1 is 1.37 bits per heavy atom. The van der Waals surface area contributed by atoms with Gasteiger partial charge in [-0.05, 0) is 25.8 Å². The quantitative estimate of drug-likeness (QED) is 0.841. The second-order valence-corrected chi connectivity index (χ2v) is 8.12. The highest BCUT2D eigenvalue weighted by Crippen LogP contribution is 2.29. The predicted octanol–water partition coefficient (Wildman–Crippen LogP) is 2.34. The van der Waals surface area contributed by atoms with Crippen LogP contribution in [0, 0.1) is 6.92 Å². The summed E-state index contributed by atoms with van der Waals surface area (Å²) in [5.41, 5.74) is 0. The lowest BCUT2D eigenvalue weighted by atomic mass is 10.4. The van der Waals surface area contributed by atoms with Crippen molar-refractivity contribution in [2.24, 2.45) is 0 Å². The molecule has 0 bridgehead atoms. The van der Waals surface area contributed by atoms with Crippen LogP contribution < -0.4 is 5.32 Å². The smallest absolute Gasteiger partial charge is 0.244 e. The molecule has 0 unspecified atom stereocenters. The van der Waals surface area contributed by atoms with E-state index in [9.17, 15) is 8.42 Å². The van der Waals surface area contributed by atoms with Crippen LogP contribution in [0.3, 0.4) is 0 Å². The third kappa shape index (κ3) is 3.37. The van der Waals surface area contributed by atoms with Gasteiger partial charge in [0.2, 0.25) is 10.0 Å². The zero-order valence-electron chi connectivity index (χ0n) is 11.8. The van der Waals surface area contributed by atoms with Crippen LogP contribution in [0.5, 0.6) is 0 Å². The van der Waals surface area contributed by atoms with Crippen LogP contribution in [0.2, 0.25) is 0 Å². The van der Waals surface area contributed by atoms with Crippen LogP contribution in [-0.4, -0.2) is 31.9 Å². The summed E-state index contributed by atoms with van der Waals surface area (Å²) >= 11 is 1.58. The first-order valence-electron chi connectivity index (χ1n) is 6.81. The van der Waals surface area contributed by atoms with Crippen LogP contribution in [0.4, 0.5) is 0 Å². The van der Waals surface area contributed by atoms with Gasteiger partial charge in [0.05, 0.1) is 4.90 Å². The Hall–Kier alpha value is -0.430.